The molecular weight excluding hydrogens is 464 g/mol. The Hall–Kier alpha value is -2.40. The molecule has 3 aromatic heterocycles. The molecule has 0 spiro atoms. The molecule has 0 unspecified atom stereocenters. The van der Waals surface area contributed by atoms with Crippen LogP contribution in [0.1, 0.15) is 42.8 Å². The third kappa shape index (κ3) is 4.35. The van der Waals surface area contributed by atoms with E-state index < -0.39 is 12.0 Å². The van der Waals surface area contributed by atoms with Gasteiger partial charge in [0.15, 0.2) is 0 Å². The van der Waals surface area contributed by atoms with Gasteiger partial charge in [0.05, 0.1) is 49.0 Å². The third-order valence-electron chi connectivity index (χ3n) is 6.44. The predicted molar refractivity (Wildman–Crippen MR) is 127 cm³/mol. The van der Waals surface area contributed by atoms with Crippen LogP contribution >= 0.6 is 13.5 Å². The van der Waals surface area contributed by atoms with Gasteiger partial charge in [-0.15, -0.1) is 0 Å². The molecule has 0 radical (unpaired) electrons. The van der Waals surface area contributed by atoms with Crippen LogP contribution in [0.25, 0.3) is 22.2 Å². The van der Waals surface area contributed by atoms with E-state index in [9.17, 15) is 13.6 Å². The van der Waals surface area contributed by atoms with Crippen LogP contribution < -0.4 is 0 Å². The van der Waals surface area contributed by atoms with Crippen molar-refractivity contribution in [2.45, 2.75) is 37.8 Å². The Balaban J connectivity index is 0.00000274. The van der Waals surface area contributed by atoms with Crippen LogP contribution in [0.3, 0.4) is 0 Å². The largest absolute Gasteiger partial charge is 0.378 e. The van der Waals surface area contributed by atoms with Gasteiger partial charge >= 0.3 is 0 Å². The summed E-state index contributed by atoms with van der Waals surface area (Å²) in [5.74, 6) is -0.00129. The number of methoxy groups -OCH3 is 1. The summed E-state index contributed by atoms with van der Waals surface area (Å²) in [5.41, 5.74) is 2.06. The second kappa shape index (κ2) is 9.69. The molecule has 182 valence electrons. The zero-order valence-electron chi connectivity index (χ0n) is 19.0. The van der Waals surface area contributed by atoms with Crippen LogP contribution in [0.2, 0.25) is 0 Å². The van der Waals surface area contributed by atoms with Gasteiger partial charge in [-0.25, -0.2) is 13.8 Å². The number of carbonyl (C=O) groups is 1. The lowest BCUT2D eigenvalue weighted by Crippen LogP contribution is -2.30. The van der Waals surface area contributed by atoms with Crippen molar-refractivity contribution in [2.24, 2.45) is 0 Å². The van der Waals surface area contributed by atoms with E-state index in [-0.39, 0.29) is 43.9 Å². The van der Waals surface area contributed by atoms with Crippen molar-refractivity contribution >= 4 is 30.2 Å². The maximum absolute atomic E-state index is 13.9. The molecule has 10 heteroatoms. The zero-order valence-corrected chi connectivity index (χ0v) is 20.0. The molecule has 0 bridgehead atoms. The van der Waals surface area contributed by atoms with E-state index >= 15 is 0 Å². The van der Waals surface area contributed by atoms with Crippen molar-refractivity contribution in [3.63, 3.8) is 0 Å². The second-order valence-electron chi connectivity index (χ2n) is 8.69. The first-order chi connectivity index (χ1) is 15.9. The Bertz CT molecular complexity index is 1210. The van der Waals surface area contributed by atoms with E-state index in [1.165, 1.54) is 19.1 Å². The predicted octanol–water partition coefficient (Wildman–Crippen LogP) is 4.11. The number of carbonyl (C=O) groups excluding carboxylic acids is 1. The first-order valence-electron chi connectivity index (χ1n) is 10.9. The van der Waals surface area contributed by atoms with Crippen molar-refractivity contribution in [1.82, 2.24) is 14.5 Å². The van der Waals surface area contributed by atoms with Gasteiger partial charge in [0.25, 0.3) is 6.43 Å². The second-order valence-corrected chi connectivity index (χ2v) is 8.69. The Morgan fingerprint density at radius 2 is 2.09 bits per heavy atom. The van der Waals surface area contributed by atoms with Crippen LogP contribution in [0.5, 0.6) is 0 Å². The van der Waals surface area contributed by atoms with E-state index in [2.05, 4.69) is 9.55 Å². The van der Waals surface area contributed by atoms with E-state index in [1.54, 1.807) is 13.3 Å². The minimum absolute atomic E-state index is 0. The summed E-state index contributed by atoms with van der Waals surface area (Å²) in [6.45, 7) is 3.38. The number of hydrogen-bond acceptors (Lipinski definition) is 6. The minimum atomic E-state index is -2.66. The van der Waals surface area contributed by atoms with Crippen molar-refractivity contribution in [3.05, 3.63) is 47.5 Å². The molecule has 0 aromatic carbocycles. The first kappa shape index (κ1) is 24.7. The summed E-state index contributed by atoms with van der Waals surface area (Å²) in [4.78, 5) is 20.9. The first-order valence-corrected chi connectivity index (χ1v) is 10.9. The highest BCUT2D eigenvalue weighted by atomic mass is 32.1. The number of alkyl halides is 2. The molecule has 3 aromatic rings. The number of nitrogens with zero attached hydrogens (tertiary/aromatic N) is 3. The summed E-state index contributed by atoms with van der Waals surface area (Å²) >= 11 is 0. The Morgan fingerprint density at radius 1 is 1.29 bits per heavy atom. The van der Waals surface area contributed by atoms with Crippen LogP contribution in [0.4, 0.5) is 8.78 Å². The number of hydrogen-bond donors (Lipinski definition) is 0. The summed E-state index contributed by atoms with van der Waals surface area (Å²) in [7, 11) is 1.55. The van der Waals surface area contributed by atoms with Gasteiger partial charge < -0.3 is 18.8 Å². The lowest BCUT2D eigenvalue weighted by atomic mass is 9.95. The van der Waals surface area contributed by atoms with Crippen LogP contribution in [-0.4, -0.2) is 53.9 Å². The quantitative estimate of drug-likeness (QED) is 0.495. The number of aromatic nitrogens is 3. The fraction of sp³-hybridized carbons (Fsp3) is 0.458. The number of fused-ring (bicyclic) bond motifs is 1. The van der Waals surface area contributed by atoms with Gasteiger partial charge in [0.2, 0.25) is 0 Å². The highest BCUT2D eigenvalue weighted by Gasteiger charge is 2.39. The Morgan fingerprint density at radius 3 is 2.68 bits per heavy atom. The summed E-state index contributed by atoms with van der Waals surface area (Å²) in [6.07, 6.45) is 1.73. The number of Topliss-reactive ketones (excluding diaryl/α,β-unsaturated/α-hetero) is 1. The fourth-order valence-electron chi connectivity index (χ4n) is 4.50. The van der Waals surface area contributed by atoms with E-state index in [1.807, 2.05) is 12.3 Å². The number of ether oxygens (including phenoxy) is 3. The van der Waals surface area contributed by atoms with E-state index in [0.717, 1.165) is 10.9 Å². The molecule has 7 nitrogen and oxygen atoms in total. The smallest absolute Gasteiger partial charge is 0.263 e. The molecule has 2 fully saturated rings. The molecule has 0 saturated carbocycles. The van der Waals surface area contributed by atoms with Crippen molar-refractivity contribution in [1.29, 1.82) is 0 Å². The van der Waals surface area contributed by atoms with Gasteiger partial charge in [-0.1, -0.05) is 0 Å². The van der Waals surface area contributed by atoms with E-state index in [0.29, 0.717) is 48.9 Å². The number of halogens is 2. The monoisotopic (exact) mass is 491 g/mol. The number of pyridine rings is 2. The standard InChI is InChI=1S/C24H25F2N3O4.H2S/c1-14(30)5-16-8-18-19(10-29(17-11-33-12-17)21(18)9-27-16)20-6-15(23(25)26)7-22(28-20)24(31-2)3-4-32-13-24;/h6-10,17,23H,3-5,11-13H2,1-2H3;1H2/t24-;/m1./s1. The van der Waals surface area contributed by atoms with Crippen LogP contribution in [0, 0.1) is 0 Å². The minimum Gasteiger partial charge on any atom is -0.378 e. The topological polar surface area (TPSA) is 75.5 Å². The Labute approximate surface area is 202 Å². The molecule has 34 heavy (non-hydrogen) atoms. The average molecular weight is 492 g/mol. The maximum atomic E-state index is 13.9. The molecule has 0 N–H and O–H groups in total. The summed E-state index contributed by atoms with van der Waals surface area (Å²) < 4.78 is 46.5. The summed E-state index contributed by atoms with van der Waals surface area (Å²) in [6, 6.07) is 4.82. The zero-order chi connectivity index (χ0) is 23.2. The fourth-order valence-corrected chi connectivity index (χ4v) is 4.50. The van der Waals surface area contributed by atoms with Gasteiger partial charge in [-0.05, 0) is 25.1 Å². The van der Waals surface area contributed by atoms with Gasteiger partial charge in [0.1, 0.15) is 11.4 Å². The molecule has 5 rings (SSSR count). The number of rotatable bonds is 7. The molecule has 0 aliphatic carbocycles. The molecule has 0 amide bonds. The highest BCUT2D eigenvalue weighted by molar-refractivity contribution is 7.59. The molecule has 2 aliphatic heterocycles. The number of ketones is 1. The van der Waals surface area contributed by atoms with Crippen LogP contribution in [-0.2, 0) is 31.0 Å². The molecule has 5 heterocycles. The molecular formula is C24H27F2N3O4S. The average Bonchev–Trinajstić information content (AvgIpc) is 3.38. The van der Waals surface area contributed by atoms with Gasteiger partial charge in [-0.2, -0.15) is 13.5 Å². The van der Waals surface area contributed by atoms with Gasteiger partial charge in [-0.3, -0.25) is 9.78 Å². The maximum Gasteiger partial charge on any atom is 0.263 e. The van der Waals surface area contributed by atoms with Gasteiger partial charge in [0, 0.05) is 55.0 Å². The normalized spacial score (nSPS) is 20.5. The SMILES string of the molecule is CO[C@]1(c2cc(C(F)F)cc(-c3cn(C4COC4)c4cnc(CC(C)=O)cc34)n2)CCOC1.S. The Kier molecular flexibility index (Phi) is 7.04. The molecule has 2 aliphatic rings. The van der Waals surface area contributed by atoms with Crippen molar-refractivity contribution in [3.8, 4) is 11.3 Å². The summed E-state index contributed by atoms with van der Waals surface area (Å²) in [5, 5.41) is 0.812. The molecule has 2 saturated heterocycles. The highest BCUT2D eigenvalue weighted by Crippen LogP contribution is 2.39. The lowest BCUT2D eigenvalue weighted by molar-refractivity contribution is -0.116. The van der Waals surface area contributed by atoms with E-state index in [4.69, 9.17) is 19.2 Å². The lowest BCUT2D eigenvalue weighted by Gasteiger charge is -2.28. The van der Waals surface area contributed by atoms with Crippen molar-refractivity contribution < 1.29 is 27.8 Å². The molecule has 1 atom stereocenters. The third-order valence-corrected chi connectivity index (χ3v) is 6.44. The van der Waals surface area contributed by atoms with Crippen molar-refractivity contribution in [2.75, 3.05) is 33.5 Å². The van der Waals surface area contributed by atoms with Crippen LogP contribution in [0.15, 0.2) is 30.6 Å².